The molecule has 0 saturated carbocycles. The van der Waals surface area contributed by atoms with Gasteiger partial charge in [-0.25, -0.2) is 4.98 Å². The van der Waals surface area contributed by atoms with Crippen LogP contribution in [0.15, 0.2) is 47.9 Å². The minimum Gasteiger partial charge on any atom is -0.308 e. The number of halogens is 1. The van der Waals surface area contributed by atoms with E-state index < -0.39 is 0 Å². The first-order chi connectivity index (χ1) is 11.6. The molecule has 2 aromatic heterocycles. The molecule has 1 amide bonds. The zero-order chi connectivity index (χ0) is 16.9. The maximum atomic E-state index is 12.7. The van der Waals surface area contributed by atoms with Crippen molar-refractivity contribution in [3.8, 4) is 0 Å². The minimum absolute atomic E-state index is 0. The molecule has 1 aromatic carbocycles. The van der Waals surface area contributed by atoms with Crippen LogP contribution in [0.1, 0.15) is 4.88 Å². The van der Waals surface area contributed by atoms with Gasteiger partial charge in [0.1, 0.15) is 0 Å². The molecule has 0 fully saturated rings. The number of carbonyl (C=O) groups excluding carboxylic acids is 1. The molecule has 0 atom stereocenters. The summed E-state index contributed by atoms with van der Waals surface area (Å²) >= 11 is 3.17. The fourth-order valence-corrected chi connectivity index (χ4v) is 3.82. The second-order valence-corrected chi connectivity index (χ2v) is 7.59. The number of para-hydroxylation sites is 1. The fourth-order valence-electron chi connectivity index (χ4n) is 2.21. The molecule has 0 aliphatic rings. The number of rotatable bonds is 6. The van der Waals surface area contributed by atoms with Crippen LogP contribution in [0.3, 0.4) is 0 Å². The number of thiazole rings is 1. The van der Waals surface area contributed by atoms with Crippen LogP contribution >= 0.6 is 35.1 Å². The molecule has 25 heavy (non-hydrogen) atoms. The SMILES string of the molecule is CN(C)CCN(C(=O)C=Cc1cccs1)c1nc2ccccc2s1.Cl. The van der Waals surface area contributed by atoms with Crippen molar-refractivity contribution in [2.24, 2.45) is 0 Å². The Hall–Kier alpha value is -1.73. The summed E-state index contributed by atoms with van der Waals surface area (Å²) in [5.74, 6) is -0.0377. The topological polar surface area (TPSA) is 36.4 Å². The van der Waals surface area contributed by atoms with E-state index >= 15 is 0 Å². The van der Waals surface area contributed by atoms with E-state index in [-0.39, 0.29) is 18.3 Å². The maximum absolute atomic E-state index is 12.7. The van der Waals surface area contributed by atoms with Gasteiger partial charge < -0.3 is 4.90 Å². The average molecular weight is 394 g/mol. The number of fused-ring (bicyclic) bond motifs is 1. The molecule has 2 heterocycles. The van der Waals surface area contributed by atoms with Crippen LogP contribution in [0.25, 0.3) is 16.3 Å². The highest BCUT2D eigenvalue weighted by Gasteiger charge is 2.17. The van der Waals surface area contributed by atoms with Crippen LogP contribution in [-0.4, -0.2) is 43.0 Å². The highest BCUT2D eigenvalue weighted by atomic mass is 35.5. The predicted octanol–water partition coefficient (Wildman–Crippen LogP) is 4.39. The number of amides is 1. The van der Waals surface area contributed by atoms with E-state index in [0.29, 0.717) is 6.54 Å². The molecule has 0 radical (unpaired) electrons. The van der Waals surface area contributed by atoms with Gasteiger partial charge in [-0.15, -0.1) is 23.7 Å². The highest BCUT2D eigenvalue weighted by molar-refractivity contribution is 7.22. The molecule has 3 rings (SSSR count). The number of hydrogen-bond donors (Lipinski definition) is 0. The third-order valence-corrected chi connectivity index (χ3v) is 5.38. The zero-order valence-corrected chi connectivity index (χ0v) is 16.5. The molecule has 0 N–H and O–H groups in total. The van der Waals surface area contributed by atoms with Crippen molar-refractivity contribution in [1.82, 2.24) is 9.88 Å². The van der Waals surface area contributed by atoms with Gasteiger partial charge in [0.15, 0.2) is 5.13 Å². The third kappa shape index (κ3) is 5.12. The largest absolute Gasteiger partial charge is 0.308 e. The molecule has 3 aromatic rings. The molecule has 0 saturated heterocycles. The van der Waals surface area contributed by atoms with Gasteiger partial charge in [-0.1, -0.05) is 29.5 Å². The number of carbonyl (C=O) groups is 1. The van der Waals surface area contributed by atoms with Gasteiger partial charge in [0.05, 0.1) is 10.2 Å². The summed E-state index contributed by atoms with van der Waals surface area (Å²) in [4.78, 5) is 22.2. The van der Waals surface area contributed by atoms with E-state index in [4.69, 9.17) is 0 Å². The maximum Gasteiger partial charge on any atom is 0.252 e. The molecular weight excluding hydrogens is 374 g/mol. The van der Waals surface area contributed by atoms with Crippen molar-refractivity contribution in [2.45, 2.75) is 0 Å². The first kappa shape index (κ1) is 19.6. The van der Waals surface area contributed by atoms with Crippen molar-refractivity contribution in [3.05, 3.63) is 52.7 Å². The Balaban J connectivity index is 0.00000225. The molecule has 0 aliphatic heterocycles. The Morgan fingerprint density at radius 2 is 1.96 bits per heavy atom. The number of likely N-dealkylation sites (N-methyl/N-ethyl adjacent to an activating group) is 1. The van der Waals surface area contributed by atoms with Gasteiger partial charge in [0.2, 0.25) is 0 Å². The lowest BCUT2D eigenvalue weighted by Crippen LogP contribution is -2.35. The van der Waals surface area contributed by atoms with Gasteiger partial charge in [0.25, 0.3) is 5.91 Å². The number of aromatic nitrogens is 1. The summed E-state index contributed by atoms with van der Waals surface area (Å²) in [6, 6.07) is 11.9. The Bertz CT molecular complexity index is 810. The summed E-state index contributed by atoms with van der Waals surface area (Å²) in [5, 5.41) is 2.75. The zero-order valence-electron chi connectivity index (χ0n) is 14.1. The Morgan fingerprint density at radius 3 is 2.64 bits per heavy atom. The Labute approximate surface area is 161 Å². The molecule has 7 heteroatoms. The van der Waals surface area contributed by atoms with Crippen LogP contribution < -0.4 is 4.90 Å². The number of anilines is 1. The van der Waals surface area contributed by atoms with E-state index in [1.165, 1.54) is 0 Å². The lowest BCUT2D eigenvalue weighted by molar-refractivity contribution is -0.114. The second-order valence-electron chi connectivity index (χ2n) is 5.61. The Kier molecular flexibility index (Phi) is 7.13. The normalized spacial score (nSPS) is 11.2. The van der Waals surface area contributed by atoms with E-state index in [2.05, 4.69) is 9.88 Å². The molecule has 0 unspecified atom stereocenters. The number of benzene rings is 1. The summed E-state index contributed by atoms with van der Waals surface area (Å²) in [6.07, 6.45) is 3.50. The smallest absolute Gasteiger partial charge is 0.252 e. The second kappa shape index (κ2) is 9.10. The van der Waals surface area contributed by atoms with E-state index in [1.807, 2.05) is 61.9 Å². The van der Waals surface area contributed by atoms with Crippen molar-refractivity contribution in [1.29, 1.82) is 0 Å². The average Bonchev–Trinajstić information content (AvgIpc) is 3.22. The molecule has 0 bridgehead atoms. The summed E-state index contributed by atoms with van der Waals surface area (Å²) < 4.78 is 1.09. The van der Waals surface area contributed by atoms with Crippen LogP contribution in [0.2, 0.25) is 0 Å². The predicted molar refractivity (Wildman–Crippen MR) is 111 cm³/mol. The van der Waals surface area contributed by atoms with Crippen LogP contribution in [0, 0.1) is 0 Å². The van der Waals surface area contributed by atoms with Gasteiger partial charge in [0, 0.05) is 24.0 Å². The van der Waals surface area contributed by atoms with Crippen molar-refractivity contribution >= 4 is 62.4 Å². The first-order valence-electron chi connectivity index (χ1n) is 7.67. The molecular formula is C18H20ClN3OS2. The van der Waals surface area contributed by atoms with Crippen LogP contribution in [0.5, 0.6) is 0 Å². The summed E-state index contributed by atoms with van der Waals surface area (Å²) in [6.45, 7) is 1.40. The standard InChI is InChI=1S/C18H19N3OS2.ClH/c1-20(2)11-12-21(17(22)10-9-14-6-5-13-23-14)18-19-15-7-3-4-8-16(15)24-18;/h3-10,13H,11-12H2,1-2H3;1H. The number of nitrogens with zero attached hydrogens (tertiary/aromatic N) is 3. The van der Waals surface area contributed by atoms with E-state index in [9.17, 15) is 4.79 Å². The van der Waals surface area contributed by atoms with Gasteiger partial charge in [-0.3, -0.25) is 9.69 Å². The first-order valence-corrected chi connectivity index (χ1v) is 9.36. The number of hydrogen-bond acceptors (Lipinski definition) is 5. The van der Waals surface area contributed by atoms with Crippen molar-refractivity contribution in [2.75, 3.05) is 32.1 Å². The Morgan fingerprint density at radius 1 is 1.16 bits per heavy atom. The monoisotopic (exact) mass is 393 g/mol. The lowest BCUT2D eigenvalue weighted by Gasteiger charge is -2.20. The molecule has 132 valence electrons. The van der Waals surface area contributed by atoms with Gasteiger partial charge >= 0.3 is 0 Å². The lowest BCUT2D eigenvalue weighted by atomic mass is 10.3. The third-order valence-electron chi connectivity index (χ3n) is 3.48. The summed E-state index contributed by atoms with van der Waals surface area (Å²) in [7, 11) is 4.00. The molecule has 4 nitrogen and oxygen atoms in total. The fraction of sp³-hybridized carbons (Fsp3) is 0.222. The van der Waals surface area contributed by atoms with Crippen LogP contribution in [-0.2, 0) is 4.79 Å². The van der Waals surface area contributed by atoms with Crippen molar-refractivity contribution < 1.29 is 4.79 Å². The summed E-state index contributed by atoms with van der Waals surface area (Å²) in [5.41, 5.74) is 0.933. The number of thiophene rings is 1. The molecule has 0 spiro atoms. The quantitative estimate of drug-likeness (QED) is 0.583. The van der Waals surface area contributed by atoms with E-state index in [0.717, 1.165) is 26.8 Å². The molecule has 0 aliphatic carbocycles. The van der Waals surface area contributed by atoms with Crippen LogP contribution in [0.4, 0.5) is 5.13 Å². The van der Waals surface area contributed by atoms with Gasteiger partial charge in [-0.05, 0) is 43.8 Å². The van der Waals surface area contributed by atoms with E-state index in [1.54, 1.807) is 33.6 Å². The van der Waals surface area contributed by atoms with Crippen molar-refractivity contribution in [3.63, 3.8) is 0 Å². The minimum atomic E-state index is -0.0377. The van der Waals surface area contributed by atoms with Gasteiger partial charge in [-0.2, -0.15) is 0 Å². The highest BCUT2D eigenvalue weighted by Crippen LogP contribution is 2.28.